The lowest BCUT2D eigenvalue weighted by Gasteiger charge is -2.05. The van der Waals surface area contributed by atoms with E-state index in [2.05, 4.69) is 37.5 Å². The van der Waals surface area contributed by atoms with E-state index in [0.29, 0.717) is 5.69 Å². The van der Waals surface area contributed by atoms with Crippen LogP contribution in [-0.4, -0.2) is 18.6 Å². The van der Waals surface area contributed by atoms with Gasteiger partial charge >= 0.3 is 0 Å². The molecule has 1 heterocycles. The summed E-state index contributed by atoms with van der Waals surface area (Å²) < 4.78 is 27.0. The zero-order valence-corrected chi connectivity index (χ0v) is 11.0. The maximum atomic E-state index is 11.8. The van der Waals surface area contributed by atoms with Crippen molar-refractivity contribution in [2.45, 2.75) is 5.03 Å². The minimum absolute atomic E-state index is 0.0476. The third-order valence-electron chi connectivity index (χ3n) is 1.84. The Bertz CT molecular complexity index is 581. The fraction of sp³-hybridized carbons (Fsp3) is 0. The maximum absolute atomic E-state index is 11.8. The minimum Gasteiger partial charge on any atom is -0.278 e. The summed E-state index contributed by atoms with van der Waals surface area (Å²) in [6.45, 7) is 0. The van der Waals surface area contributed by atoms with Crippen LogP contribution in [0, 0.1) is 3.57 Å². The molecule has 2 rings (SSSR count). The minimum atomic E-state index is -3.56. The van der Waals surface area contributed by atoms with Gasteiger partial charge in [-0.25, -0.2) is 0 Å². The van der Waals surface area contributed by atoms with Crippen LogP contribution >= 0.6 is 22.6 Å². The SMILES string of the molecule is O=S(=O)(Nc1cccc(I)c1)c1ccn[nH]1. The van der Waals surface area contributed by atoms with Gasteiger partial charge in [-0.1, -0.05) is 6.07 Å². The molecule has 0 saturated carbocycles. The molecule has 7 heteroatoms. The molecule has 16 heavy (non-hydrogen) atoms. The summed E-state index contributed by atoms with van der Waals surface area (Å²) >= 11 is 2.12. The summed E-state index contributed by atoms with van der Waals surface area (Å²) in [7, 11) is -3.56. The van der Waals surface area contributed by atoms with Crippen LogP contribution in [0.15, 0.2) is 41.6 Å². The monoisotopic (exact) mass is 349 g/mol. The van der Waals surface area contributed by atoms with E-state index in [0.717, 1.165) is 3.57 Å². The van der Waals surface area contributed by atoms with Gasteiger partial charge in [-0.3, -0.25) is 9.82 Å². The number of benzene rings is 1. The molecular formula is C9H8IN3O2S. The molecule has 0 aliphatic heterocycles. The van der Waals surface area contributed by atoms with Gasteiger partial charge in [-0.05, 0) is 46.9 Å². The number of nitrogens with zero attached hydrogens (tertiary/aromatic N) is 1. The molecule has 5 nitrogen and oxygen atoms in total. The Morgan fingerprint density at radius 2 is 2.12 bits per heavy atom. The highest BCUT2D eigenvalue weighted by atomic mass is 127. The van der Waals surface area contributed by atoms with Gasteiger partial charge < -0.3 is 0 Å². The van der Waals surface area contributed by atoms with E-state index in [1.165, 1.54) is 12.3 Å². The van der Waals surface area contributed by atoms with E-state index in [9.17, 15) is 8.42 Å². The van der Waals surface area contributed by atoms with Crippen molar-refractivity contribution in [3.63, 3.8) is 0 Å². The van der Waals surface area contributed by atoms with E-state index < -0.39 is 10.0 Å². The first-order valence-corrected chi connectivity index (χ1v) is 6.92. The molecule has 0 bridgehead atoms. The molecule has 2 N–H and O–H groups in total. The van der Waals surface area contributed by atoms with Crippen LogP contribution in [-0.2, 0) is 10.0 Å². The fourth-order valence-corrected chi connectivity index (χ4v) is 2.66. The van der Waals surface area contributed by atoms with Crippen molar-refractivity contribution in [2.75, 3.05) is 4.72 Å². The third kappa shape index (κ3) is 2.53. The third-order valence-corrected chi connectivity index (χ3v) is 3.82. The lowest BCUT2D eigenvalue weighted by atomic mass is 10.3. The van der Waals surface area contributed by atoms with E-state index in [1.54, 1.807) is 18.2 Å². The second-order valence-electron chi connectivity index (χ2n) is 3.04. The van der Waals surface area contributed by atoms with Crippen molar-refractivity contribution in [2.24, 2.45) is 0 Å². The molecule has 0 aliphatic rings. The number of sulfonamides is 1. The lowest BCUT2D eigenvalue weighted by Crippen LogP contribution is -2.13. The van der Waals surface area contributed by atoms with Gasteiger partial charge in [-0.15, -0.1) is 0 Å². The van der Waals surface area contributed by atoms with E-state index in [-0.39, 0.29) is 5.03 Å². The molecule has 2 aromatic rings. The molecule has 0 aliphatic carbocycles. The molecule has 0 saturated heterocycles. The van der Waals surface area contributed by atoms with Crippen LogP contribution in [0.3, 0.4) is 0 Å². The quantitative estimate of drug-likeness (QED) is 0.830. The first kappa shape index (κ1) is 11.4. The number of hydrogen-bond donors (Lipinski definition) is 2. The Morgan fingerprint density at radius 1 is 1.31 bits per heavy atom. The smallest absolute Gasteiger partial charge is 0.278 e. The lowest BCUT2D eigenvalue weighted by molar-refractivity contribution is 0.597. The Kier molecular flexibility index (Phi) is 3.15. The molecule has 84 valence electrons. The summed E-state index contributed by atoms with van der Waals surface area (Å²) in [5.41, 5.74) is 0.529. The van der Waals surface area contributed by atoms with Gasteiger partial charge in [0.15, 0.2) is 5.03 Å². The van der Waals surface area contributed by atoms with Crippen molar-refractivity contribution in [1.82, 2.24) is 10.2 Å². The Balaban J connectivity index is 2.29. The number of aromatic amines is 1. The zero-order chi connectivity index (χ0) is 11.6. The second-order valence-corrected chi connectivity index (χ2v) is 5.93. The van der Waals surface area contributed by atoms with E-state index >= 15 is 0 Å². The molecule has 1 aromatic carbocycles. The number of anilines is 1. The van der Waals surface area contributed by atoms with Gasteiger partial charge in [0.05, 0.1) is 6.20 Å². The predicted octanol–water partition coefficient (Wildman–Crippen LogP) is 1.82. The highest BCUT2D eigenvalue weighted by molar-refractivity contribution is 14.1. The first-order chi connectivity index (χ1) is 7.58. The van der Waals surface area contributed by atoms with Crippen LogP contribution < -0.4 is 4.72 Å². The first-order valence-electron chi connectivity index (χ1n) is 4.36. The van der Waals surface area contributed by atoms with Gasteiger partial charge in [0, 0.05) is 9.26 Å². The van der Waals surface area contributed by atoms with Gasteiger partial charge in [-0.2, -0.15) is 13.5 Å². The summed E-state index contributed by atoms with van der Waals surface area (Å²) in [6.07, 6.45) is 1.39. The largest absolute Gasteiger partial charge is 0.278 e. The Labute approximate surface area is 106 Å². The van der Waals surface area contributed by atoms with E-state index in [1.807, 2.05) is 6.07 Å². The van der Waals surface area contributed by atoms with Crippen molar-refractivity contribution < 1.29 is 8.42 Å². The molecule has 1 aromatic heterocycles. The predicted molar refractivity (Wildman–Crippen MR) is 68.6 cm³/mol. The standard InChI is InChI=1S/C9H8IN3O2S/c10-7-2-1-3-8(6-7)13-16(14,15)9-4-5-11-12-9/h1-6,13H,(H,11,12). The zero-order valence-electron chi connectivity index (χ0n) is 8.01. The summed E-state index contributed by atoms with van der Waals surface area (Å²) in [6, 6.07) is 8.50. The molecule has 0 spiro atoms. The summed E-state index contributed by atoms with van der Waals surface area (Å²) in [5.74, 6) is 0. The second kappa shape index (κ2) is 4.42. The summed E-state index contributed by atoms with van der Waals surface area (Å²) in [4.78, 5) is 0. The van der Waals surface area contributed by atoms with Crippen LogP contribution in [0.2, 0.25) is 0 Å². The van der Waals surface area contributed by atoms with Crippen molar-refractivity contribution in [3.05, 3.63) is 40.1 Å². The topological polar surface area (TPSA) is 74.8 Å². The molecular weight excluding hydrogens is 341 g/mol. The Hall–Kier alpha value is -1.09. The van der Waals surface area contributed by atoms with Crippen LogP contribution in [0.1, 0.15) is 0 Å². The van der Waals surface area contributed by atoms with Crippen molar-refractivity contribution >= 4 is 38.3 Å². The van der Waals surface area contributed by atoms with Gasteiger partial charge in [0.25, 0.3) is 10.0 Å². The number of H-pyrrole nitrogens is 1. The number of nitrogens with one attached hydrogen (secondary N) is 2. The molecule has 0 amide bonds. The number of halogens is 1. The molecule has 0 atom stereocenters. The average Bonchev–Trinajstić information content (AvgIpc) is 2.69. The van der Waals surface area contributed by atoms with Gasteiger partial charge in [0.1, 0.15) is 0 Å². The van der Waals surface area contributed by atoms with Crippen molar-refractivity contribution in [3.8, 4) is 0 Å². The number of rotatable bonds is 3. The molecule has 0 unspecified atom stereocenters. The average molecular weight is 349 g/mol. The number of aromatic nitrogens is 2. The maximum Gasteiger partial charge on any atom is 0.278 e. The number of hydrogen-bond acceptors (Lipinski definition) is 3. The molecule has 0 fully saturated rings. The highest BCUT2D eigenvalue weighted by Crippen LogP contribution is 2.16. The van der Waals surface area contributed by atoms with Crippen molar-refractivity contribution in [1.29, 1.82) is 0 Å². The highest BCUT2D eigenvalue weighted by Gasteiger charge is 2.15. The van der Waals surface area contributed by atoms with E-state index in [4.69, 9.17) is 0 Å². The normalized spacial score (nSPS) is 11.3. The fourth-order valence-electron chi connectivity index (χ4n) is 1.15. The van der Waals surface area contributed by atoms with Gasteiger partial charge in [0.2, 0.25) is 0 Å². The summed E-state index contributed by atoms with van der Waals surface area (Å²) in [5, 5.41) is 6.06. The van der Waals surface area contributed by atoms with Crippen LogP contribution in [0.4, 0.5) is 5.69 Å². The Morgan fingerprint density at radius 3 is 2.75 bits per heavy atom. The molecule has 0 radical (unpaired) electrons. The van der Waals surface area contributed by atoms with Crippen LogP contribution in [0.5, 0.6) is 0 Å². The van der Waals surface area contributed by atoms with Crippen LogP contribution in [0.25, 0.3) is 0 Å².